The van der Waals surface area contributed by atoms with Crippen LogP contribution < -0.4 is 4.74 Å². The van der Waals surface area contributed by atoms with Gasteiger partial charge < -0.3 is 9.30 Å². The van der Waals surface area contributed by atoms with Crippen molar-refractivity contribution < 1.29 is 14.5 Å². The van der Waals surface area contributed by atoms with E-state index in [2.05, 4.69) is 0 Å². The standard InChI is InChI=1S/C19H18N2O4/c1-2-6-19(22)25-18-13-20(17-10-4-3-9-16(17)18)12-14-7-5-8-15(11-14)21(23)24/h3-5,7-11,13H,2,6,12H2,1H3. The molecule has 3 rings (SSSR count). The summed E-state index contributed by atoms with van der Waals surface area (Å²) in [6.45, 7) is 2.38. The molecule has 0 aliphatic rings. The molecule has 0 fully saturated rings. The Labute approximate surface area is 144 Å². The number of nitro benzene ring substituents is 1. The molecule has 0 unspecified atom stereocenters. The van der Waals surface area contributed by atoms with E-state index in [1.54, 1.807) is 18.3 Å². The normalized spacial score (nSPS) is 10.8. The number of carbonyl (C=O) groups excluding carboxylic acids is 1. The van der Waals surface area contributed by atoms with E-state index in [0.29, 0.717) is 18.7 Å². The zero-order chi connectivity index (χ0) is 17.8. The summed E-state index contributed by atoms with van der Waals surface area (Å²) in [7, 11) is 0. The highest BCUT2D eigenvalue weighted by atomic mass is 16.6. The largest absolute Gasteiger partial charge is 0.424 e. The van der Waals surface area contributed by atoms with E-state index in [1.165, 1.54) is 6.07 Å². The van der Waals surface area contributed by atoms with Gasteiger partial charge in [0, 0.05) is 36.7 Å². The number of para-hydroxylation sites is 1. The van der Waals surface area contributed by atoms with Crippen LogP contribution in [0.4, 0.5) is 5.69 Å². The first kappa shape index (κ1) is 16.7. The second kappa shape index (κ2) is 7.17. The molecule has 0 saturated heterocycles. The van der Waals surface area contributed by atoms with Crippen molar-refractivity contribution in [3.05, 3.63) is 70.4 Å². The molecule has 0 aliphatic heterocycles. The Hall–Kier alpha value is -3.15. The van der Waals surface area contributed by atoms with Gasteiger partial charge >= 0.3 is 5.97 Å². The van der Waals surface area contributed by atoms with Crippen LogP contribution in [0, 0.1) is 10.1 Å². The molecule has 0 atom stereocenters. The molecule has 0 spiro atoms. The molecule has 6 heteroatoms. The third-order valence-corrected chi connectivity index (χ3v) is 3.90. The number of esters is 1. The predicted octanol–water partition coefficient (Wildman–Crippen LogP) is 4.30. The molecule has 1 heterocycles. The average molecular weight is 338 g/mol. The minimum atomic E-state index is -0.408. The Morgan fingerprint density at radius 2 is 2.00 bits per heavy atom. The summed E-state index contributed by atoms with van der Waals surface area (Å²) in [5.74, 6) is 0.250. The molecule has 2 aromatic carbocycles. The van der Waals surface area contributed by atoms with Crippen LogP contribution in [-0.4, -0.2) is 15.5 Å². The van der Waals surface area contributed by atoms with Crippen LogP contribution in [0.3, 0.4) is 0 Å². The number of hydrogen-bond donors (Lipinski definition) is 0. The highest BCUT2D eigenvalue weighted by molar-refractivity contribution is 5.89. The van der Waals surface area contributed by atoms with Crippen LogP contribution in [0.15, 0.2) is 54.7 Å². The molecule has 0 N–H and O–H groups in total. The Morgan fingerprint density at radius 3 is 2.76 bits per heavy atom. The van der Waals surface area contributed by atoms with Crippen LogP contribution in [0.2, 0.25) is 0 Å². The van der Waals surface area contributed by atoms with Gasteiger partial charge in [0.05, 0.1) is 10.4 Å². The zero-order valence-corrected chi connectivity index (χ0v) is 13.8. The first-order valence-electron chi connectivity index (χ1n) is 8.10. The van der Waals surface area contributed by atoms with Gasteiger partial charge in [0.2, 0.25) is 0 Å². The van der Waals surface area contributed by atoms with Crippen molar-refractivity contribution in [2.75, 3.05) is 0 Å². The quantitative estimate of drug-likeness (QED) is 0.381. The van der Waals surface area contributed by atoms with Crippen molar-refractivity contribution in [2.45, 2.75) is 26.3 Å². The summed E-state index contributed by atoms with van der Waals surface area (Å²) in [6.07, 6.45) is 2.87. The molecule has 1 aromatic heterocycles. The second-order valence-corrected chi connectivity index (χ2v) is 5.79. The van der Waals surface area contributed by atoms with Crippen LogP contribution in [0.5, 0.6) is 5.75 Å². The van der Waals surface area contributed by atoms with Gasteiger partial charge in [0.25, 0.3) is 5.69 Å². The first-order valence-corrected chi connectivity index (χ1v) is 8.10. The van der Waals surface area contributed by atoms with Gasteiger partial charge in [-0.1, -0.05) is 31.2 Å². The number of aromatic nitrogens is 1. The van der Waals surface area contributed by atoms with Gasteiger partial charge in [-0.15, -0.1) is 0 Å². The van der Waals surface area contributed by atoms with Crippen LogP contribution >= 0.6 is 0 Å². The molecule has 0 amide bonds. The lowest BCUT2D eigenvalue weighted by molar-refractivity contribution is -0.384. The maximum atomic E-state index is 11.8. The van der Waals surface area contributed by atoms with Gasteiger partial charge in [-0.25, -0.2) is 0 Å². The topological polar surface area (TPSA) is 74.4 Å². The van der Waals surface area contributed by atoms with Crippen molar-refractivity contribution >= 4 is 22.6 Å². The van der Waals surface area contributed by atoms with Crippen molar-refractivity contribution in [2.24, 2.45) is 0 Å². The van der Waals surface area contributed by atoms with E-state index in [-0.39, 0.29) is 11.7 Å². The van der Waals surface area contributed by atoms with Crippen molar-refractivity contribution in [3.63, 3.8) is 0 Å². The fraction of sp³-hybridized carbons (Fsp3) is 0.211. The number of nitrogens with zero attached hydrogens (tertiary/aromatic N) is 2. The Morgan fingerprint density at radius 1 is 1.20 bits per heavy atom. The number of carbonyl (C=O) groups is 1. The lowest BCUT2D eigenvalue weighted by atomic mass is 10.2. The van der Waals surface area contributed by atoms with Crippen molar-refractivity contribution in [1.82, 2.24) is 4.57 Å². The van der Waals surface area contributed by atoms with Crippen LogP contribution in [0.25, 0.3) is 10.9 Å². The number of non-ortho nitro benzene ring substituents is 1. The Balaban J connectivity index is 1.95. The summed E-state index contributed by atoms with van der Waals surface area (Å²) < 4.78 is 7.41. The number of benzene rings is 2. The molecule has 0 saturated carbocycles. The van der Waals surface area contributed by atoms with E-state index < -0.39 is 4.92 Å². The van der Waals surface area contributed by atoms with Gasteiger partial charge in [0.15, 0.2) is 5.75 Å². The molecule has 128 valence electrons. The van der Waals surface area contributed by atoms with E-state index in [1.807, 2.05) is 41.8 Å². The molecular formula is C19H18N2O4. The number of ether oxygens (including phenoxy) is 1. The number of nitro groups is 1. The van der Waals surface area contributed by atoms with Crippen molar-refractivity contribution in [1.29, 1.82) is 0 Å². The lowest BCUT2D eigenvalue weighted by Crippen LogP contribution is -2.06. The SMILES string of the molecule is CCCC(=O)Oc1cn(Cc2cccc([N+](=O)[O-])c2)c2ccccc12. The maximum absolute atomic E-state index is 11.8. The molecule has 0 radical (unpaired) electrons. The number of rotatable bonds is 6. The lowest BCUT2D eigenvalue weighted by Gasteiger charge is -2.05. The first-order chi connectivity index (χ1) is 12.1. The molecule has 3 aromatic rings. The average Bonchev–Trinajstić information content (AvgIpc) is 2.93. The highest BCUT2D eigenvalue weighted by Gasteiger charge is 2.13. The van der Waals surface area contributed by atoms with E-state index in [9.17, 15) is 14.9 Å². The van der Waals surface area contributed by atoms with E-state index >= 15 is 0 Å². The fourth-order valence-corrected chi connectivity index (χ4v) is 2.77. The van der Waals surface area contributed by atoms with Gasteiger partial charge in [-0.3, -0.25) is 14.9 Å². The van der Waals surface area contributed by atoms with Gasteiger partial charge in [-0.05, 0) is 24.1 Å². The fourth-order valence-electron chi connectivity index (χ4n) is 2.77. The minimum absolute atomic E-state index is 0.0589. The second-order valence-electron chi connectivity index (χ2n) is 5.79. The Kier molecular flexibility index (Phi) is 4.79. The van der Waals surface area contributed by atoms with E-state index in [4.69, 9.17) is 4.74 Å². The third kappa shape index (κ3) is 3.68. The van der Waals surface area contributed by atoms with Crippen LogP contribution in [-0.2, 0) is 11.3 Å². The number of hydrogen-bond acceptors (Lipinski definition) is 4. The summed E-state index contributed by atoms with van der Waals surface area (Å²) >= 11 is 0. The van der Waals surface area contributed by atoms with Gasteiger partial charge in [0.1, 0.15) is 0 Å². The molecule has 0 aliphatic carbocycles. The Bertz CT molecular complexity index is 930. The predicted molar refractivity (Wildman–Crippen MR) is 94.7 cm³/mol. The van der Waals surface area contributed by atoms with E-state index in [0.717, 1.165) is 22.9 Å². The smallest absolute Gasteiger partial charge is 0.311 e. The molecule has 6 nitrogen and oxygen atoms in total. The number of fused-ring (bicyclic) bond motifs is 1. The molecule has 0 bridgehead atoms. The van der Waals surface area contributed by atoms with Gasteiger partial charge in [-0.2, -0.15) is 0 Å². The summed E-state index contributed by atoms with van der Waals surface area (Å²) in [6, 6.07) is 14.2. The summed E-state index contributed by atoms with van der Waals surface area (Å²) in [5, 5.41) is 11.8. The zero-order valence-electron chi connectivity index (χ0n) is 13.8. The van der Waals surface area contributed by atoms with Crippen molar-refractivity contribution in [3.8, 4) is 5.75 Å². The maximum Gasteiger partial charge on any atom is 0.311 e. The molecular weight excluding hydrogens is 320 g/mol. The summed E-state index contributed by atoms with van der Waals surface area (Å²) in [5.41, 5.74) is 1.78. The molecule has 25 heavy (non-hydrogen) atoms. The monoisotopic (exact) mass is 338 g/mol. The van der Waals surface area contributed by atoms with Crippen LogP contribution in [0.1, 0.15) is 25.3 Å². The highest BCUT2D eigenvalue weighted by Crippen LogP contribution is 2.29. The third-order valence-electron chi connectivity index (χ3n) is 3.90. The summed E-state index contributed by atoms with van der Waals surface area (Å²) in [4.78, 5) is 22.4. The minimum Gasteiger partial charge on any atom is -0.424 e.